The molecule has 1 amide bonds. The summed E-state index contributed by atoms with van der Waals surface area (Å²) in [5.74, 6) is 1.82. The van der Waals surface area contributed by atoms with Crippen LogP contribution < -0.4 is 5.32 Å². The smallest absolute Gasteiger partial charge is 0.221 e. The van der Waals surface area contributed by atoms with E-state index in [1.165, 1.54) is 12.8 Å². The van der Waals surface area contributed by atoms with E-state index in [0.717, 1.165) is 57.1 Å². The molecule has 1 saturated carbocycles. The summed E-state index contributed by atoms with van der Waals surface area (Å²) in [5.41, 5.74) is -0.664. The van der Waals surface area contributed by atoms with Crippen molar-refractivity contribution in [2.24, 2.45) is 0 Å². The van der Waals surface area contributed by atoms with E-state index in [1.54, 1.807) is 11.8 Å². The summed E-state index contributed by atoms with van der Waals surface area (Å²) >= 11 is 1.76. The SMILES string of the molecule is O=C(CC1(N2CCOCC2)CCCC1)NC[C@@]1(O)CCSC1. The molecule has 2 heterocycles. The number of hydrogen-bond donors (Lipinski definition) is 2. The Balaban J connectivity index is 1.55. The molecule has 0 spiro atoms. The van der Waals surface area contributed by atoms with E-state index in [1.807, 2.05) is 0 Å². The molecule has 2 N–H and O–H groups in total. The Morgan fingerprint density at radius 1 is 1.23 bits per heavy atom. The Bertz CT molecular complexity index is 387. The van der Waals surface area contributed by atoms with Crippen molar-refractivity contribution >= 4 is 17.7 Å². The maximum atomic E-state index is 12.5. The molecule has 5 nitrogen and oxygen atoms in total. The summed E-state index contributed by atoms with van der Waals surface area (Å²) in [5, 5.41) is 13.3. The highest BCUT2D eigenvalue weighted by Gasteiger charge is 2.42. The number of nitrogens with one attached hydrogen (secondary N) is 1. The van der Waals surface area contributed by atoms with Crippen LogP contribution in [0.5, 0.6) is 0 Å². The normalized spacial score (nSPS) is 32.2. The zero-order chi connectivity index (χ0) is 15.5. The van der Waals surface area contributed by atoms with E-state index >= 15 is 0 Å². The van der Waals surface area contributed by atoms with Gasteiger partial charge in [0.15, 0.2) is 0 Å². The maximum Gasteiger partial charge on any atom is 0.221 e. The van der Waals surface area contributed by atoms with Crippen LogP contribution in [0.4, 0.5) is 0 Å². The van der Waals surface area contributed by atoms with Crippen molar-refractivity contribution in [1.29, 1.82) is 0 Å². The molecule has 0 aromatic heterocycles. The van der Waals surface area contributed by atoms with Crippen LogP contribution in [0.25, 0.3) is 0 Å². The highest BCUT2D eigenvalue weighted by molar-refractivity contribution is 7.99. The third kappa shape index (κ3) is 3.78. The lowest BCUT2D eigenvalue weighted by atomic mass is 9.89. The fraction of sp³-hybridized carbons (Fsp3) is 0.938. The number of nitrogens with zero attached hydrogens (tertiary/aromatic N) is 1. The number of aliphatic hydroxyl groups is 1. The Labute approximate surface area is 137 Å². The number of morpholine rings is 1. The molecule has 1 aliphatic carbocycles. The molecule has 2 aliphatic heterocycles. The van der Waals surface area contributed by atoms with Gasteiger partial charge in [0.05, 0.1) is 18.8 Å². The van der Waals surface area contributed by atoms with Crippen LogP contribution in [0, 0.1) is 0 Å². The predicted octanol–water partition coefficient (Wildman–Crippen LogP) is 1.01. The van der Waals surface area contributed by atoms with Gasteiger partial charge in [-0.05, 0) is 25.0 Å². The van der Waals surface area contributed by atoms with Crippen LogP contribution in [0.3, 0.4) is 0 Å². The van der Waals surface area contributed by atoms with Crippen LogP contribution in [0.15, 0.2) is 0 Å². The number of hydrogen-bond acceptors (Lipinski definition) is 5. The molecule has 3 aliphatic rings. The van der Waals surface area contributed by atoms with Crippen LogP contribution in [0.2, 0.25) is 0 Å². The van der Waals surface area contributed by atoms with Crippen LogP contribution >= 0.6 is 11.8 Å². The third-order valence-corrected chi connectivity index (χ3v) is 6.64. The van der Waals surface area contributed by atoms with Crippen molar-refractivity contribution < 1.29 is 14.6 Å². The second kappa shape index (κ2) is 7.07. The van der Waals surface area contributed by atoms with Gasteiger partial charge in [0.1, 0.15) is 0 Å². The Morgan fingerprint density at radius 2 is 1.95 bits per heavy atom. The molecule has 0 aromatic carbocycles. The summed E-state index contributed by atoms with van der Waals surface area (Å²) in [7, 11) is 0. The summed E-state index contributed by atoms with van der Waals surface area (Å²) in [6, 6.07) is 0. The fourth-order valence-electron chi connectivity index (χ4n) is 4.04. The summed E-state index contributed by atoms with van der Waals surface area (Å²) in [6.45, 7) is 3.83. The van der Waals surface area contributed by atoms with Gasteiger partial charge in [0.2, 0.25) is 5.91 Å². The van der Waals surface area contributed by atoms with Gasteiger partial charge >= 0.3 is 0 Å². The van der Waals surface area contributed by atoms with Crippen LogP contribution in [-0.2, 0) is 9.53 Å². The first-order chi connectivity index (χ1) is 10.6. The van der Waals surface area contributed by atoms with E-state index in [9.17, 15) is 9.90 Å². The largest absolute Gasteiger partial charge is 0.387 e. The average molecular weight is 328 g/mol. The fourth-order valence-corrected chi connectivity index (χ4v) is 5.33. The Morgan fingerprint density at radius 3 is 2.59 bits per heavy atom. The minimum atomic E-state index is -0.692. The molecular weight excluding hydrogens is 300 g/mol. The summed E-state index contributed by atoms with van der Waals surface area (Å²) in [4.78, 5) is 14.9. The van der Waals surface area contributed by atoms with Gasteiger partial charge in [-0.25, -0.2) is 0 Å². The molecule has 126 valence electrons. The first kappa shape index (κ1) is 16.6. The number of thioether (sulfide) groups is 1. The van der Waals surface area contributed by atoms with Gasteiger partial charge < -0.3 is 15.2 Å². The van der Waals surface area contributed by atoms with E-state index in [-0.39, 0.29) is 11.4 Å². The lowest BCUT2D eigenvalue weighted by Crippen LogP contribution is -2.54. The van der Waals surface area contributed by atoms with E-state index in [4.69, 9.17) is 4.74 Å². The van der Waals surface area contributed by atoms with Crippen molar-refractivity contribution in [2.75, 3.05) is 44.4 Å². The molecule has 3 fully saturated rings. The molecule has 0 aromatic rings. The number of rotatable bonds is 5. The lowest BCUT2D eigenvalue weighted by Gasteiger charge is -2.43. The molecule has 6 heteroatoms. The van der Waals surface area contributed by atoms with Gasteiger partial charge in [-0.3, -0.25) is 9.69 Å². The molecule has 0 radical (unpaired) electrons. The average Bonchev–Trinajstić information content (AvgIpc) is 3.17. The summed E-state index contributed by atoms with van der Waals surface area (Å²) < 4.78 is 5.46. The second-order valence-electron chi connectivity index (χ2n) is 7.01. The first-order valence-electron chi connectivity index (χ1n) is 8.52. The number of carbonyl (C=O) groups is 1. The van der Waals surface area contributed by atoms with Gasteiger partial charge in [0.25, 0.3) is 0 Å². The number of ether oxygens (including phenoxy) is 1. The lowest BCUT2D eigenvalue weighted by molar-refractivity contribution is -0.126. The Kier molecular flexibility index (Phi) is 5.32. The van der Waals surface area contributed by atoms with Crippen molar-refractivity contribution in [3.63, 3.8) is 0 Å². The molecule has 22 heavy (non-hydrogen) atoms. The molecule has 1 atom stereocenters. The molecular formula is C16H28N2O3S. The molecule has 0 unspecified atom stereocenters. The zero-order valence-electron chi connectivity index (χ0n) is 13.3. The van der Waals surface area contributed by atoms with Gasteiger partial charge in [-0.1, -0.05) is 12.8 Å². The van der Waals surface area contributed by atoms with Crippen LogP contribution in [-0.4, -0.2) is 71.4 Å². The quantitative estimate of drug-likeness (QED) is 0.789. The minimum absolute atomic E-state index is 0.0287. The van der Waals surface area contributed by atoms with Crippen molar-refractivity contribution in [3.05, 3.63) is 0 Å². The van der Waals surface area contributed by atoms with Crippen molar-refractivity contribution in [3.8, 4) is 0 Å². The van der Waals surface area contributed by atoms with E-state index in [0.29, 0.717) is 13.0 Å². The van der Waals surface area contributed by atoms with Gasteiger partial charge in [0, 0.05) is 37.3 Å². The van der Waals surface area contributed by atoms with Crippen molar-refractivity contribution in [1.82, 2.24) is 10.2 Å². The van der Waals surface area contributed by atoms with Gasteiger partial charge in [-0.2, -0.15) is 11.8 Å². The topological polar surface area (TPSA) is 61.8 Å². The first-order valence-corrected chi connectivity index (χ1v) is 9.67. The van der Waals surface area contributed by atoms with E-state index in [2.05, 4.69) is 10.2 Å². The monoisotopic (exact) mass is 328 g/mol. The zero-order valence-corrected chi connectivity index (χ0v) is 14.1. The Hall–Kier alpha value is -0.300. The second-order valence-corrected chi connectivity index (χ2v) is 8.12. The molecule has 2 saturated heterocycles. The van der Waals surface area contributed by atoms with Crippen molar-refractivity contribution in [2.45, 2.75) is 49.7 Å². The molecule has 0 bridgehead atoms. The highest BCUT2D eigenvalue weighted by Crippen LogP contribution is 2.38. The standard InChI is InChI=1S/C16H28N2O3S/c19-14(17-12-16(20)5-10-22-13-16)11-15(3-1-2-4-15)18-6-8-21-9-7-18/h20H,1-13H2,(H,17,19)/t16-/m0/s1. The highest BCUT2D eigenvalue weighted by atomic mass is 32.2. The maximum absolute atomic E-state index is 12.5. The number of carbonyl (C=O) groups excluding carboxylic acids is 1. The van der Waals surface area contributed by atoms with Gasteiger partial charge in [-0.15, -0.1) is 0 Å². The minimum Gasteiger partial charge on any atom is -0.387 e. The predicted molar refractivity (Wildman–Crippen MR) is 88.1 cm³/mol. The molecule has 3 rings (SSSR count). The number of amides is 1. The van der Waals surface area contributed by atoms with E-state index < -0.39 is 5.60 Å². The summed E-state index contributed by atoms with van der Waals surface area (Å²) in [6.07, 6.45) is 6.00. The third-order valence-electron chi connectivity index (χ3n) is 5.40. The van der Waals surface area contributed by atoms with Crippen LogP contribution in [0.1, 0.15) is 38.5 Å².